The van der Waals surface area contributed by atoms with Crippen molar-refractivity contribution in [2.45, 2.75) is 38.5 Å². The van der Waals surface area contributed by atoms with Crippen LogP contribution in [0, 0.1) is 6.92 Å². The van der Waals surface area contributed by atoms with Crippen molar-refractivity contribution in [2.75, 3.05) is 33.4 Å². The molecule has 0 bridgehead atoms. The second kappa shape index (κ2) is 7.73. The van der Waals surface area contributed by atoms with Crippen molar-refractivity contribution in [1.82, 2.24) is 10.1 Å². The highest BCUT2D eigenvalue weighted by Gasteiger charge is 2.16. The molecule has 6 heteroatoms. The molecule has 2 atom stereocenters. The fraction of sp³-hybridized carbons (Fsp3) is 0.786. The van der Waals surface area contributed by atoms with Crippen LogP contribution < -0.4 is 0 Å². The molecule has 0 radical (unpaired) electrons. The van der Waals surface area contributed by atoms with E-state index in [0.717, 1.165) is 30.9 Å². The van der Waals surface area contributed by atoms with Crippen molar-refractivity contribution in [3.8, 4) is 0 Å². The van der Waals surface area contributed by atoms with Gasteiger partial charge in [0.15, 0.2) is 0 Å². The number of likely N-dealkylation sites (N-methyl/N-ethyl adjacent to an activating group) is 1. The summed E-state index contributed by atoms with van der Waals surface area (Å²) in [6, 6.07) is 1.90. The molecule has 1 N–H and O–H groups in total. The minimum absolute atomic E-state index is 0.207. The van der Waals surface area contributed by atoms with Gasteiger partial charge in [-0.3, -0.25) is 4.90 Å². The molecule has 0 saturated carbocycles. The van der Waals surface area contributed by atoms with Crippen LogP contribution in [0.15, 0.2) is 10.6 Å². The number of aryl methyl sites for hydroxylation is 1. The first-order valence-electron chi connectivity index (χ1n) is 7.11. The van der Waals surface area contributed by atoms with Gasteiger partial charge in [-0.15, -0.1) is 0 Å². The van der Waals surface area contributed by atoms with Crippen LogP contribution in [0.1, 0.15) is 24.3 Å². The molecule has 1 aromatic heterocycles. The Bertz CT molecular complexity index is 390. The maximum absolute atomic E-state index is 9.93. The van der Waals surface area contributed by atoms with Gasteiger partial charge in [0.1, 0.15) is 5.76 Å². The molecule has 2 heterocycles. The molecule has 0 spiro atoms. The molecule has 1 saturated heterocycles. The Morgan fingerprint density at radius 3 is 3.10 bits per heavy atom. The molecule has 0 aliphatic carbocycles. The zero-order chi connectivity index (χ0) is 14.4. The minimum Gasteiger partial charge on any atom is -0.389 e. The van der Waals surface area contributed by atoms with Crippen LogP contribution in [0.4, 0.5) is 0 Å². The third-order valence-electron chi connectivity index (χ3n) is 3.27. The molecule has 2 unspecified atom stereocenters. The number of hydrogen-bond acceptors (Lipinski definition) is 6. The maximum Gasteiger partial charge on any atom is 0.133 e. The fourth-order valence-electron chi connectivity index (χ4n) is 2.36. The molecule has 6 nitrogen and oxygen atoms in total. The summed E-state index contributed by atoms with van der Waals surface area (Å²) in [6.45, 7) is 4.80. The van der Waals surface area contributed by atoms with Crippen molar-refractivity contribution >= 4 is 0 Å². The zero-order valence-corrected chi connectivity index (χ0v) is 12.2. The molecule has 0 amide bonds. The van der Waals surface area contributed by atoms with E-state index >= 15 is 0 Å². The number of hydrogen-bond donors (Lipinski definition) is 1. The van der Waals surface area contributed by atoms with E-state index in [0.29, 0.717) is 26.3 Å². The van der Waals surface area contributed by atoms with Crippen LogP contribution in [0.3, 0.4) is 0 Å². The Kier molecular flexibility index (Phi) is 5.97. The van der Waals surface area contributed by atoms with Gasteiger partial charge in [0.2, 0.25) is 0 Å². The number of nitrogens with zero attached hydrogens (tertiary/aromatic N) is 2. The van der Waals surface area contributed by atoms with Crippen molar-refractivity contribution in [1.29, 1.82) is 0 Å². The van der Waals surface area contributed by atoms with Crippen LogP contribution in [-0.2, 0) is 16.0 Å². The van der Waals surface area contributed by atoms with Crippen molar-refractivity contribution < 1.29 is 19.1 Å². The van der Waals surface area contributed by atoms with E-state index in [4.69, 9.17) is 14.0 Å². The number of aromatic nitrogens is 1. The van der Waals surface area contributed by atoms with E-state index in [1.54, 1.807) is 0 Å². The summed E-state index contributed by atoms with van der Waals surface area (Å²) in [5.74, 6) is 0.800. The van der Waals surface area contributed by atoms with Gasteiger partial charge >= 0.3 is 0 Å². The summed E-state index contributed by atoms with van der Waals surface area (Å²) in [6.07, 6.45) is 1.87. The van der Waals surface area contributed by atoms with Gasteiger partial charge in [-0.2, -0.15) is 0 Å². The summed E-state index contributed by atoms with van der Waals surface area (Å²) in [5.41, 5.74) is 0.873. The first kappa shape index (κ1) is 15.4. The molecule has 20 heavy (non-hydrogen) atoms. The molecule has 114 valence electrons. The third kappa shape index (κ3) is 5.20. The highest BCUT2D eigenvalue weighted by atomic mass is 16.5. The Balaban J connectivity index is 1.59. The first-order valence-corrected chi connectivity index (χ1v) is 7.11. The van der Waals surface area contributed by atoms with Crippen LogP contribution in [-0.4, -0.2) is 60.8 Å². The monoisotopic (exact) mass is 284 g/mol. The van der Waals surface area contributed by atoms with Crippen molar-refractivity contribution in [3.63, 3.8) is 0 Å². The van der Waals surface area contributed by atoms with Gasteiger partial charge in [-0.05, 0) is 26.8 Å². The largest absolute Gasteiger partial charge is 0.389 e. The van der Waals surface area contributed by atoms with Gasteiger partial charge in [0.25, 0.3) is 0 Å². The minimum atomic E-state index is -0.505. The normalized spacial score (nSPS) is 20.7. The average Bonchev–Trinajstić information content (AvgIpc) is 3.01. The second-order valence-corrected chi connectivity index (χ2v) is 5.45. The van der Waals surface area contributed by atoms with E-state index in [1.807, 2.05) is 24.9 Å². The van der Waals surface area contributed by atoms with Crippen LogP contribution >= 0.6 is 0 Å². The quantitative estimate of drug-likeness (QED) is 0.767. The predicted molar refractivity (Wildman–Crippen MR) is 73.4 cm³/mol. The molecule has 2 rings (SSSR count). The van der Waals surface area contributed by atoms with Crippen molar-refractivity contribution in [2.24, 2.45) is 0 Å². The van der Waals surface area contributed by atoms with E-state index < -0.39 is 6.10 Å². The Morgan fingerprint density at radius 1 is 1.60 bits per heavy atom. The molecule has 1 aliphatic heterocycles. The lowest BCUT2D eigenvalue weighted by atomic mass is 10.2. The maximum atomic E-state index is 9.93. The highest BCUT2D eigenvalue weighted by Crippen LogP contribution is 2.12. The predicted octanol–water partition coefficient (Wildman–Crippen LogP) is 0.971. The molecule has 1 aliphatic rings. The van der Waals surface area contributed by atoms with Gasteiger partial charge < -0.3 is 19.1 Å². The molecule has 1 fully saturated rings. The van der Waals surface area contributed by atoms with Gasteiger partial charge in [-0.1, -0.05) is 5.16 Å². The zero-order valence-electron chi connectivity index (χ0n) is 12.2. The smallest absolute Gasteiger partial charge is 0.133 e. The molecule has 0 aromatic carbocycles. The summed E-state index contributed by atoms with van der Waals surface area (Å²) < 4.78 is 16.0. The fourth-order valence-corrected chi connectivity index (χ4v) is 2.36. The highest BCUT2D eigenvalue weighted by molar-refractivity contribution is 5.03. The number of aliphatic hydroxyl groups excluding tert-OH is 1. The summed E-state index contributed by atoms with van der Waals surface area (Å²) in [7, 11) is 1.94. The second-order valence-electron chi connectivity index (χ2n) is 5.45. The summed E-state index contributed by atoms with van der Waals surface area (Å²) in [4.78, 5) is 2.00. The lowest BCUT2D eigenvalue weighted by molar-refractivity contribution is -0.0239. The number of rotatable bonds is 8. The summed E-state index contributed by atoms with van der Waals surface area (Å²) >= 11 is 0. The topological polar surface area (TPSA) is 68.0 Å². The van der Waals surface area contributed by atoms with Gasteiger partial charge in [0.05, 0.1) is 31.1 Å². The SMILES string of the molecule is Cc1cc(CN(C)CC(O)COCC2CCCO2)no1. The van der Waals surface area contributed by atoms with Crippen molar-refractivity contribution in [3.05, 3.63) is 17.5 Å². The van der Waals surface area contributed by atoms with Gasteiger partial charge in [-0.25, -0.2) is 0 Å². The van der Waals surface area contributed by atoms with Crippen LogP contribution in [0.2, 0.25) is 0 Å². The Hall–Kier alpha value is -0.950. The summed E-state index contributed by atoms with van der Waals surface area (Å²) in [5, 5.41) is 13.9. The van der Waals surface area contributed by atoms with Crippen LogP contribution in [0.5, 0.6) is 0 Å². The first-order chi connectivity index (χ1) is 9.63. The van der Waals surface area contributed by atoms with E-state index in [9.17, 15) is 5.11 Å². The average molecular weight is 284 g/mol. The van der Waals surface area contributed by atoms with Gasteiger partial charge in [0, 0.05) is 25.8 Å². The van der Waals surface area contributed by atoms with E-state index in [1.165, 1.54) is 0 Å². The Morgan fingerprint density at radius 2 is 2.45 bits per heavy atom. The number of aliphatic hydroxyl groups is 1. The Labute approximate surface area is 119 Å². The lowest BCUT2D eigenvalue weighted by Crippen LogP contribution is -2.32. The lowest BCUT2D eigenvalue weighted by Gasteiger charge is -2.20. The molecular formula is C14H24N2O4. The van der Waals surface area contributed by atoms with E-state index in [2.05, 4.69) is 5.16 Å². The third-order valence-corrected chi connectivity index (χ3v) is 3.27. The molecular weight excluding hydrogens is 260 g/mol. The standard InChI is InChI=1S/C14H24N2O4/c1-11-6-12(15-20-11)7-16(2)8-13(17)9-18-10-14-4-3-5-19-14/h6,13-14,17H,3-5,7-10H2,1-2H3. The van der Waals surface area contributed by atoms with E-state index in [-0.39, 0.29) is 6.10 Å². The number of ether oxygens (including phenoxy) is 2. The molecule has 1 aromatic rings. The van der Waals surface area contributed by atoms with Crippen LogP contribution in [0.25, 0.3) is 0 Å².